The van der Waals surface area contributed by atoms with Gasteiger partial charge in [-0.25, -0.2) is 0 Å². The SMILES string of the molecule is C=C(CCCCCCCN)CC(CCCCCCCC)CCCCCCCC.CC.CC.CCC.CCC1CC1CC.CCCC. The molecule has 1 fully saturated rings. The van der Waals surface area contributed by atoms with Gasteiger partial charge in [-0.05, 0) is 56.4 Å². The number of hydrogen-bond donors (Lipinski definition) is 1. The topological polar surface area (TPSA) is 26.0 Å². The van der Waals surface area contributed by atoms with Crippen LogP contribution in [-0.4, -0.2) is 6.54 Å². The van der Waals surface area contributed by atoms with E-state index in [4.69, 9.17) is 5.73 Å². The fraction of sp³-hybridized carbons (Fsp3) is 0.956. The molecule has 2 atom stereocenters. The second-order valence-corrected chi connectivity index (χ2v) is 13.5. The van der Waals surface area contributed by atoms with Crippen LogP contribution in [0.3, 0.4) is 0 Å². The molecule has 0 saturated heterocycles. The average Bonchev–Trinajstić information content (AvgIpc) is 3.87. The Morgan fingerprint density at radius 1 is 0.522 bits per heavy atom. The fourth-order valence-electron chi connectivity index (χ4n) is 5.65. The van der Waals surface area contributed by atoms with Crippen LogP contribution in [-0.2, 0) is 0 Å². The smallest absolute Gasteiger partial charge is 0.00773 e. The van der Waals surface area contributed by atoms with Crippen molar-refractivity contribution in [1.29, 1.82) is 0 Å². The summed E-state index contributed by atoms with van der Waals surface area (Å²) in [6, 6.07) is 0. The number of hydrogen-bond acceptors (Lipinski definition) is 1. The molecule has 0 aromatic rings. The first-order valence-electron chi connectivity index (χ1n) is 21.8. The molecule has 1 nitrogen and oxygen atoms in total. The molecule has 0 heterocycles. The zero-order chi connectivity index (χ0) is 36.1. The van der Waals surface area contributed by atoms with Crippen LogP contribution >= 0.6 is 0 Å². The molecule has 0 aliphatic heterocycles. The highest BCUT2D eigenvalue weighted by Crippen LogP contribution is 2.43. The van der Waals surface area contributed by atoms with Crippen molar-refractivity contribution in [3.63, 3.8) is 0 Å². The van der Waals surface area contributed by atoms with Gasteiger partial charge in [0.1, 0.15) is 0 Å². The van der Waals surface area contributed by atoms with Crippen LogP contribution in [0.25, 0.3) is 0 Å². The third kappa shape index (κ3) is 53.2. The highest BCUT2D eigenvalue weighted by Gasteiger charge is 2.32. The summed E-state index contributed by atoms with van der Waals surface area (Å²) in [6.07, 6.45) is 37.3. The Hall–Kier alpha value is -0.300. The normalized spacial score (nSPS) is 14.1. The summed E-state index contributed by atoms with van der Waals surface area (Å²) in [6.45, 7) is 31.1. The number of nitrogens with two attached hydrogens (primary N) is 1. The second-order valence-electron chi connectivity index (χ2n) is 13.5. The molecular formula is C45H99N. The highest BCUT2D eigenvalue weighted by atomic mass is 14.5. The minimum Gasteiger partial charge on any atom is -0.330 e. The summed E-state index contributed by atoms with van der Waals surface area (Å²) in [4.78, 5) is 0. The van der Waals surface area contributed by atoms with E-state index in [1.54, 1.807) is 0 Å². The van der Waals surface area contributed by atoms with Gasteiger partial charge in [-0.3, -0.25) is 0 Å². The lowest BCUT2D eigenvalue weighted by molar-refractivity contribution is 0.396. The van der Waals surface area contributed by atoms with Crippen molar-refractivity contribution < 1.29 is 0 Å². The molecule has 1 aliphatic rings. The van der Waals surface area contributed by atoms with E-state index in [1.165, 1.54) is 179 Å². The summed E-state index contributed by atoms with van der Waals surface area (Å²) in [5.41, 5.74) is 7.11. The predicted octanol–water partition coefficient (Wildman–Crippen LogP) is 17.1. The van der Waals surface area contributed by atoms with Crippen LogP contribution in [0.4, 0.5) is 0 Å². The Bertz CT molecular complexity index is 444. The summed E-state index contributed by atoms with van der Waals surface area (Å²) in [5, 5.41) is 0. The van der Waals surface area contributed by atoms with Crippen molar-refractivity contribution in [3.05, 3.63) is 12.2 Å². The van der Waals surface area contributed by atoms with Crippen LogP contribution < -0.4 is 5.73 Å². The van der Waals surface area contributed by atoms with Crippen LogP contribution in [0.5, 0.6) is 0 Å². The van der Waals surface area contributed by atoms with Crippen LogP contribution in [0.15, 0.2) is 12.2 Å². The van der Waals surface area contributed by atoms with E-state index in [1.807, 2.05) is 27.7 Å². The molecule has 1 aliphatic carbocycles. The highest BCUT2D eigenvalue weighted by molar-refractivity contribution is 4.95. The van der Waals surface area contributed by atoms with Crippen molar-refractivity contribution >= 4 is 0 Å². The van der Waals surface area contributed by atoms with E-state index >= 15 is 0 Å². The number of unbranched alkanes of at least 4 members (excludes halogenated alkanes) is 15. The van der Waals surface area contributed by atoms with Crippen molar-refractivity contribution in [2.24, 2.45) is 23.5 Å². The van der Waals surface area contributed by atoms with E-state index < -0.39 is 0 Å². The lowest BCUT2D eigenvalue weighted by Gasteiger charge is -2.18. The molecule has 284 valence electrons. The van der Waals surface area contributed by atoms with Gasteiger partial charge in [-0.15, -0.1) is 0 Å². The van der Waals surface area contributed by atoms with E-state index in [2.05, 4.69) is 62.0 Å². The maximum absolute atomic E-state index is 5.58. The first-order chi connectivity index (χ1) is 22.4. The molecule has 1 saturated carbocycles. The van der Waals surface area contributed by atoms with E-state index in [9.17, 15) is 0 Å². The molecule has 2 N–H and O–H groups in total. The van der Waals surface area contributed by atoms with Crippen molar-refractivity contribution in [1.82, 2.24) is 0 Å². The van der Waals surface area contributed by atoms with Gasteiger partial charge in [0.05, 0.1) is 0 Å². The van der Waals surface area contributed by atoms with Crippen LogP contribution in [0.2, 0.25) is 0 Å². The molecule has 0 spiro atoms. The summed E-state index contributed by atoms with van der Waals surface area (Å²) < 4.78 is 0. The maximum atomic E-state index is 5.58. The van der Waals surface area contributed by atoms with Crippen molar-refractivity contribution in [2.75, 3.05) is 6.54 Å². The summed E-state index contributed by atoms with van der Waals surface area (Å²) >= 11 is 0. The minimum atomic E-state index is 0.852. The Morgan fingerprint density at radius 2 is 0.870 bits per heavy atom. The quantitative estimate of drug-likeness (QED) is 0.0729. The van der Waals surface area contributed by atoms with E-state index in [-0.39, 0.29) is 0 Å². The van der Waals surface area contributed by atoms with Gasteiger partial charge < -0.3 is 5.73 Å². The minimum absolute atomic E-state index is 0.852. The molecular weight excluding hydrogens is 555 g/mol. The van der Waals surface area contributed by atoms with Gasteiger partial charge in [0.25, 0.3) is 0 Å². The zero-order valence-corrected chi connectivity index (χ0v) is 35.3. The molecule has 46 heavy (non-hydrogen) atoms. The molecule has 0 amide bonds. The Morgan fingerprint density at radius 3 is 1.20 bits per heavy atom. The van der Waals surface area contributed by atoms with Crippen molar-refractivity contribution in [3.8, 4) is 0 Å². The third-order valence-corrected chi connectivity index (χ3v) is 8.86. The van der Waals surface area contributed by atoms with Gasteiger partial charge in [-0.1, -0.05) is 236 Å². The Kier molecular flexibility index (Phi) is 64.9. The standard InChI is InChI=1S/C27H55N.C7H14.C4H10.C3H8.2C2H6/c1-4-6-8-10-14-18-22-27(23-19-15-11-9-7-5-2)25-26(3)21-17-13-12-16-20-24-28;1-3-6-5-7(6)4-2;1-3-4-2;1-3-2;2*1-2/h27H,3-25,28H2,1-2H3;6-7H,3-5H2,1-2H3;3-4H2,1-2H3;3H2,1-2H3;2*1-2H3. The second kappa shape index (κ2) is 54.2. The average molecular weight is 654 g/mol. The van der Waals surface area contributed by atoms with Gasteiger partial charge in [0.2, 0.25) is 0 Å². The van der Waals surface area contributed by atoms with Crippen LogP contribution in [0, 0.1) is 17.8 Å². The number of rotatable bonds is 26. The third-order valence-electron chi connectivity index (χ3n) is 8.86. The molecule has 0 aromatic carbocycles. The molecule has 1 rings (SSSR count). The lowest BCUT2D eigenvalue weighted by atomic mass is 9.87. The summed E-state index contributed by atoms with van der Waals surface area (Å²) in [5.74, 6) is 3.14. The van der Waals surface area contributed by atoms with E-state index in [0.717, 1.165) is 24.3 Å². The predicted molar refractivity (Wildman–Crippen MR) is 221 cm³/mol. The van der Waals surface area contributed by atoms with E-state index in [0.29, 0.717) is 0 Å². The molecule has 1 heteroatoms. The maximum Gasteiger partial charge on any atom is -0.00773 e. The van der Waals surface area contributed by atoms with Crippen LogP contribution in [0.1, 0.15) is 256 Å². The summed E-state index contributed by atoms with van der Waals surface area (Å²) in [7, 11) is 0. The lowest BCUT2D eigenvalue weighted by Crippen LogP contribution is -2.03. The fourth-order valence-corrected chi connectivity index (χ4v) is 5.65. The monoisotopic (exact) mass is 654 g/mol. The Balaban J connectivity index is -0.000000252. The van der Waals surface area contributed by atoms with Crippen molar-refractivity contribution in [2.45, 2.75) is 256 Å². The largest absolute Gasteiger partial charge is 0.330 e. The molecule has 0 radical (unpaired) electrons. The molecule has 0 aromatic heterocycles. The van der Waals surface area contributed by atoms with Gasteiger partial charge in [-0.2, -0.15) is 0 Å². The first-order valence-corrected chi connectivity index (χ1v) is 21.8. The molecule has 0 bridgehead atoms. The first kappa shape index (κ1) is 55.1. The number of allylic oxidation sites excluding steroid dienone is 1. The zero-order valence-electron chi connectivity index (χ0n) is 35.3. The van der Waals surface area contributed by atoms with Gasteiger partial charge >= 0.3 is 0 Å². The van der Waals surface area contributed by atoms with Gasteiger partial charge in [0, 0.05) is 0 Å². The Labute approximate surface area is 297 Å². The molecule has 2 unspecified atom stereocenters. The van der Waals surface area contributed by atoms with Gasteiger partial charge in [0.15, 0.2) is 0 Å².